The Morgan fingerprint density at radius 3 is 2.28 bits per heavy atom. The molecule has 36 heavy (non-hydrogen) atoms. The molecule has 1 saturated carbocycles. The van der Waals surface area contributed by atoms with Crippen molar-refractivity contribution in [2.24, 2.45) is 11.8 Å². The Balaban J connectivity index is 1.50. The smallest absolute Gasteiger partial charge is 0.420 e. The first kappa shape index (κ1) is 25.4. The summed E-state index contributed by atoms with van der Waals surface area (Å²) in [5.41, 5.74) is 0.188. The standard InChI is InChI=1S/C29H36F3NO3/c1-3-25(33-21-9-10-22(33)15-20(14-21)28(34)35)19-7-6-18-8-13-26(27(24(18)16-19)29(30,31)32)36-23-11-4-17(2)5-12-23/h6-8,13,16-17,20-23,25H,3-5,9-12,14-15H2,1-2H3,(H,34,35). The molecule has 4 nitrogen and oxygen atoms in total. The summed E-state index contributed by atoms with van der Waals surface area (Å²) in [6.07, 6.45) is 2.68. The zero-order valence-corrected chi connectivity index (χ0v) is 21.1. The molecule has 3 atom stereocenters. The summed E-state index contributed by atoms with van der Waals surface area (Å²) in [5.74, 6) is -0.540. The van der Waals surface area contributed by atoms with Crippen LogP contribution in [0.5, 0.6) is 5.75 Å². The average Bonchev–Trinajstić information content (AvgIpc) is 3.07. The Hall–Kier alpha value is -2.28. The number of carbonyl (C=O) groups is 1. The molecule has 1 aliphatic carbocycles. The maximum Gasteiger partial charge on any atom is 0.420 e. The first-order valence-electron chi connectivity index (χ1n) is 13.5. The molecule has 2 aromatic carbocycles. The number of ether oxygens (including phenoxy) is 1. The third-order valence-corrected chi connectivity index (χ3v) is 8.82. The number of carboxylic acids is 1. The van der Waals surface area contributed by atoms with Crippen LogP contribution in [0.15, 0.2) is 30.3 Å². The van der Waals surface area contributed by atoms with E-state index >= 15 is 0 Å². The van der Waals surface area contributed by atoms with Crippen LogP contribution in [-0.4, -0.2) is 34.2 Å². The van der Waals surface area contributed by atoms with E-state index in [1.54, 1.807) is 18.2 Å². The van der Waals surface area contributed by atoms with Crippen molar-refractivity contribution in [3.8, 4) is 5.75 Å². The van der Waals surface area contributed by atoms with Gasteiger partial charge >= 0.3 is 12.1 Å². The number of nitrogens with zero attached hydrogens (tertiary/aromatic N) is 1. The molecule has 2 aliphatic heterocycles. The van der Waals surface area contributed by atoms with E-state index in [9.17, 15) is 23.1 Å². The zero-order valence-electron chi connectivity index (χ0n) is 21.1. The van der Waals surface area contributed by atoms with E-state index in [1.165, 1.54) is 6.07 Å². The highest BCUT2D eigenvalue weighted by Crippen LogP contribution is 2.47. The molecule has 0 amide bonds. The number of aliphatic carboxylic acids is 1. The summed E-state index contributed by atoms with van der Waals surface area (Å²) in [5, 5.41) is 10.3. The van der Waals surface area contributed by atoms with Crippen molar-refractivity contribution in [2.75, 3.05) is 0 Å². The van der Waals surface area contributed by atoms with Gasteiger partial charge in [-0.05, 0) is 92.2 Å². The van der Waals surface area contributed by atoms with Gasteiger partial charge in [-0.25, -0.2) is 0 Å². The van der Waals surface area contributed by atoms with Crippen molar-refractivity contribution in [2.45, 2.75) is 102 Å². The fourth-order valence-corrected chi connectivity index (χ4v) is 6.98. The van der Waals surface area contributed by atoms with Crippen molar-refractivity contribution in [1.29, 1.82) is 0 Å². The molecule has 0 radical (unpaired) electrons. The molecule has 7 heteroatoms. The second-order valence-corrected chi connectivity index (χ2v) is 11.2. The van der Waals surface area contributed by atoms with E-state index in [-0.39, 0.29) is 41.3 Å². The van der Waals surface area contributed by atoms with Crippen molar-refractivity contribution < 1.29 is 27.8 Å². The largest absolute Gasteiger partial charge is 0.490 e. The molecule has 2 heterocycles. The van der Waals surface area contributed by atoms with Gasteiger partial charge in [0.05, 0.1) is 12.0 Å². The minimum atomic E-state index is -4.53. The summed E-state index contributed by atoms with van der Waals surface area (Å²) in [6.45, 7) is 4.24. The van der Waals surface area contributed by atoms with Gasteiger partial charge in [-0.3, -0.25) is 9.69 Å². The predicted molar refractivity (Wildman–Crippen MR) is 133 cm³/mol. The number of hydrogen-bond acceptors (Lipinski definition) is 3. The highest BCUT2D eigenvalue weighted by molar-refractivity contribution is 5.89. The fraction of sp³-hybridized carbons (Fsp3) is 0.621. The van der Waals surface area contributed by atoms with Crippen LogP contribution in [0.4, 0.5) is 13.2 Å². The number of fused-ring (bicyclic) bond motifs is 3. The summed E-state index contributed by atoms with van der Waals surface area (Å²) in [7, 11) is 0. The van der Waals surface area contributed by atoms with E-state index < -0.39 is 17.7 Å². The lowest BCUT2D eigenvalue weighted by atomic mass is 9.87. The van der Waals surface area contributed by atoms with Crippen molar-refractivity contribution in [3.63, 3.8) is 0 Å². The van der Waals surface area contributed by atoms with E-state index in [0.29, 0.717) is 24.1 Å². The van der Waals surface area contributed by atoms with Crippen molar-refractivity contribution >= 4 is 16.7 Å². The lowest BCUT2D eigenvalue weighted by Crippen LogP contribution is -2.46. The molecule has 0 spiro atoms. The third-order valence-electron chi connectivity index (χ3n) is 8.82. The average molecular weight is 504 g/mol. The lowest BCUT2D eigenvalue weighted by Gasteiger charge is -2.42. The molecular formula is C29H36F3NO3. The Morgan fingerprint density at radius 2 is 1.69 bits per heavy atom. The Bertz CT molecular complexity index is 1090. The number of alkyl halides is 3. The monoisotopic (exact) mass is 503 g/mol. The second-order valence-electron chi connectivity index (χ2n) is 11.2. The Kier molecular flexibility index (Phi) is 6.96. The maximum absolute atomic E-state index is 14.5. The molecule has 2 bridgehead atoms. The fourth-order valence-electron chi connectivity index (χ4n) is 6.98. The van der Waals surface area contributed by atoms with Crippen LogP contribution in [0.2, 0.25) is 0 Å². The van der Waals surface area contributed by atoms with E-state index in [4.69, 9.17) is 4.74 Å². The predicted octanol–water partition coefficient (Wildman–Crippen LogP) is 7.59. The van der Waals surface area contributed by atoms with Gasteiger partial charge in [-0.15, -0.1) is 0 Å². The van der Waals surface area contributed by atoms with Crippen LogP contribution in [0.1, 0.15) is 88.8 Å². The molecule has 3 unspecified atom stereocenters. The lowest BCUT2D eigenvalue weighted by molar-refractivity contribution is -0.145. The minimum Gasteiger partial charge on any atom is -0.490 e. The van der Waals surface area contributed by atoms with Crippen LogP contribution >= 0.6 is 0 Å². The molecule has 196 valence electrons. The number of hydrogen-bond donors (Lipinski definition) is 1. The van der Waals surface area contributed by atoms with Crippen molar-refractivity contribution in [3.05, 3.63) is 41.5 Å². The SMILES string of the molecule is CCC(c1ccc2ccc(OC3CCC(C)CC3)c(C(F)(F)F)c2c1)N1C2CCC1CC(C(=O)O)C2. The van der Waals surface area contributed by atoms with Gasteiger partial charge in [0.25, 0.3) is 0 Å². The van der Waals surface area contributed by atoms with Crippen molar-refractivity contribution in [1.82, 2.24) is 4.90 Å². The highest BCUT2D eigenvalue weighted by atomic mass is 19.4. The molecule has 3 aliphatic rings. The number of rotatable bonds is 6. The zero-order chi connectivity index (χ0) is 25.6. The van der Waals surface area contributed by atoms with E-state index in [2.05, 4.69) is 18.7 Å². The number of benzene rings is 2. The van der Waals surface area contributed by atoms with Gasteiger partial charge in [-0.1, -0.05) is 32.0 Å². The minimum absolute atomic E-state index is 0.0351. The third kappa shape index (κ3) is 4.83. The van der Waals surface area contributed by atoms with Crippen LogP contribution in [0, 0.1) is 11.8 Å². The van der Waals surface area contributed by atoms with Gasteiger partial charge in [0.1, 0.15) is 11.3 Å². The van der Waals surface area contributed by atoms with Crippen LogP contribution in [0.3, 0.4) is 0 Å². The Labute approximate surface area is 210 Å². The Morgan fingerprint density at radius 1 is 1.06 bits per heavy atom. The molecule has 2 saturated heterocycles. The number of halogens is 3. The van der Waals surface area contributed by atoms with E-state index in [0.717, 1.165) is 50.5 Å². The molecule has 1 N–H and O–H groups in total. The van der Waals surface area contributed by atoms with Crippen LogP contribution in [0.25, 0.3) is 10.8 Å². The van der Waals surface area contributed by atoms with E-state index in [1.807, 2.05) is 6.07 Å². The number of piperidine rings is 1. The molecule has 3 fully saturated rings. The highest BCUT2D eigenvalue weighted by Gasteiger charge is 2.46. The van der Waals surface area contributed by atoms with Gasteiger partial charge in [0.15, 0.2) is 0 Å². The van der Waals surface area contributed by atoms with Gasteiger partial charge in [0, 0.05) is 18.1 Å². The molecular weight excluding hydrogens is 467 g/mol. The second kappa shape index (κ2) is 9.88. The van der Waals surface area contributed by atoms with Gasteiger partial charge in [0.2, 0.25) is 0 Å². The number of carboxylic acid groups (broad SMARTS) is 1. The van der Waals surface area contributed by atoms with Gasteiger partial charge < -0.3 is 9.84 Å². The summed E-state index contributed by atoms with van der Waals surface area (Å²) < 4.78 is 49.4. The first-order chi connectivity index (χ1) is 17.2. The first-order valence-corrected chi connectivity index (χ1v) is 13.5. The summed E-state index contributed by atoms with van der Waals surface area (Å²) >= 11 is 0. The molecule has 2 aromatic rings. The normalized spacial score (nSPS) is 29.9. The summed E-state index contributed by atoms with van der Waals surface area (Å²) in [4.78, 5) is 14.0. The van der Waals surface area contributed by atoms with Crippen LogP contribution < -0.4 is 4.74 Å². The molecule has 5 rings (SSSR count). The summed E-state index contributed by atoms with van der Waals surface area (Å²) in [6, 6.07) is 8.96. The van der Waals surface area contributed by atoms with Gasteiger partial charge in [-0.2, -0.15) is 13.2 Å². The van der Waals surface area contributed by atoms with Crippen LogP contribution in [-0.2, 0) is 11.0 Å². The maximum atomic E-state index is 14.5. The molecule has 0 aromatic heterocycles. The quantitative estimate of drug-likeness (QED) is 0.441. The topological polar surface area (TPSA) is 49.8 Å².